The molecule has 2 aromatic rings. The fourth-order valence-corrected chi connectivity index (χ4v) is 3.16. The van der Waals surface area contributed by atoms with Crippen LogP contribution in [0.1, 0.15) is 47.6 Å². The van der Waals surface area contributed by atoms with Crippen LogP contribution < -0.4 is 15.4 Å². The Bertz CT molecular complexity index is 735. The Morgan fingerprint density at radius 1 is 1.31 bits per heavy atom. The lowest BCUT2D eigenvalue weighted by Crippen LogP contribution is -2.34. The van der Waals surface area contributed by atoms with E-state index in [2.05, 4.69) is 20.9 Å². The lowest BCUT2D eigenvalue weighted by molar-refractivity contribution is 0.0926. The molecule has 2 heterocycles. The predicted molar refractivity (Wildman–Crippen MR) is 99.5 cm³/mol. The number of aromatic nitrogens is 3. The number of hydrogen-bond acceptors (Lipinski definition) is 5. The highest BCUT2D eigenvalue weighted by molar-refractivity contribution is 5.93. The zero-order valence-electron chi connectivity index (χ0n) is 15.7. The first-order chi connectivity index (χ1) is 12.5. The molecule has 0 saturated carbocycles. The van der Waals surface area contributed by atoms with E-state index in [1.54, 1.807) is 0 Å². The second kappa shape index (κ2) is 8.31. The normalized spacial score (nSPS) is 16.3. The van der Waals surface area contributed by atoms with Crippen molar-refractivity contribution in [2.75, 3.05) is 19.6 Å². The van der Waals surface area contributed by atoms with E-state index < -0.39 is 0 Å². The first-order valence-corrected chi connectivity index (χ1v) is 9.18. The molecule has 7 heteroatoms. The second-order valence-corrected chi connectivity index (χ2v) is 6.90. The molecule has 1 amide bonds. The summed E-state index contributed by atoms with van der Waals surface area (Å²) in [5, 5.41) is 14.5. The minimum Gasteiger partial charge on any atom is -0.489 e. The molecule has 1 aliphatic rings. The first-order valence-electron chi connectivity index (χ1n) is 9.18. The summed E-state index contributed by atoms with van der Waals surface area (Å²) >= 11 is 0. The van der Waals surface area contributed by atoms with Crippen LogP contribution in [0, 0.1) is 13.8 Å². The quantitative estimate of drug-likeness (QED) is 0.827. The highest BCUT2D eigenvalue weighted by atomic mass is 16.5. The fourth-order valence-electron chi connectivity index (χ4n) is 3.16. The van der Waals surface area contributed by atoms with Crippen molar-refractivity contribution in [1.29, 1.82) is 0 Å². The molecule has 0 aliphatic carbocycles. The van der Waals surface area contributed by atoms with Gasteiger partial charge in [-0.1, -0.05) is 22.9 Å². The van der Waals surface area contributed by atoms with Crippen molar-refractivity contribution < 1.29 is 9.53 Å². The molecule has 1 fully saturated rings. The van der Waals surface area contributed by atoms with Crippen LogP contribution in [0.2, 0.25) is 0 Å². The van der Waals surface area contributed by atoms with Gasteiger partial charge in [-0.3, -0.25) is 4.79 Å². The third-order valence-electron chi connectivity index (χ3n) is 4.71. The number of carbonyl (C=O) groups is 1. The molecule has 7 nitrogen and oxygen atoms in total. The third-order valence-corrected chi connectivity index (χ3v) is 4.71. The topological polar surface area (TPSA) is 81.1 Å². The summed E-state index contributed by atoms with van der Waals surface area (Å²) in [4.78, 5) is 12.5. The van der Waals surface area contributed by atoms with Crippen LogP contribution in [0.3, 0.4) is 0 Å². The monoisotopic (exact) mass is 357 g/mol. The molecule has 1 atom stereocenters. The van der Waals surface area contributed by atoms with Crippen molar-refractivity contribution in [2.45, 2.75) is 45.8 Å². The van der Waals surface area contributed by atoms with Crippen LogP contribution >= 0.6 is 0 Å². The number of piperidine rings is 1. The lowest BCUT2D eigenvalue weighted by atomic mass is 10.1. The van der Waals surface area contributed by atoms with Gasteiger partial charge in [-0.05, 0) is 58.8 Å². The largest absolute Gasteiger partial charge is 0.489 e. The number of ether oxygens (including phenoxy) is 1. The molecule has 2 N–H and O–H groups in total. The van der Waals surface area contributed by atoms with E-state index in [-0.39, 0.29) is 12.0 Å². The molecule has 1 unspecified atom stereocenters. The number of nitrogens with zero attached hydrogens (tertiary/aromatic N) is 3. The average Bonchev–Trinajstić information content (AvgIpc) is 3.04. The van der Waals surface area contributed by atoms with Gasteiger partial charge in [0.15, 0.2) is 5.69 Å². The van der Waals surface area contributed by atoms with E-state index in [1.807, 2.05) is 49.7 Å². The Hall–Kier alpha value is -2.41. The highest BCUT2D eigenvalue weighted by Crippen LogP contribution is 2.20. The van der Waals surface area contributed by atoms with Crippen molar-refractivity contribution in [3.8, 4) is 5.75 Å². The fraction of sp³-hybridized carbons (Fsp3) is 0.526. The number of aryl methyl sites for hydroxylation is 1. The summed E-state index contributed by atoms with van der Waals surface area (Å²) in [7, 11) is 0. The van der Waals surface area contributed by atoms with Crippen LogP contribution in [0.25, 0.3) is 0 Å². The molecular formula is C19H27N5O2. The van der Waals surface area contributed by atoms with Gasteiger partial charge >= 0.3 is 0 Å². The predicted octanol–water partition coefficient (Wildman–Crippen LogP) is 2.02. The molecule has 26 heavy (non-hydrogen) atoms. The summed E-state index contributed by atoms with van der Waals surface area (Å²) in [6.45, 7) is 8.22. The van der Waals surface area contributed by atoms with E-state index in [0.717, 1.165) is 37.4 Å². The molecular weight excluding hydrogens is 330 g/mol. The van der Waals surface area contributed by atoms with E-state index in [0.29, 0.717) is 18.3 Å². The summed E-state index contributed by atoms with van der Waals surface area (Å²) in [5.41, 5.74) is 2.40. The van der Waals surface area contributed by atoms with Crippen molar-refractivity contribution in [2.24, 2.45) is 0 Å². The Labute approximate surface area is 154 Å². The summed E-state index contributed by atoms with van der Waals surface area (Å²) in [6, 6.07) is 8.19. The molecule has 1 aromatic carbocycles. The van der Waals surface area contributed by atoms with Crippen molar-refractivity contribution >= 4 is 5.91 Å². The molecule has 0 radical (unpaired) electrons. The maximum absolute atomic E-state index is 12.5. The van der Waals surface area contributed by atoms with Crippen molar-refractivity contribution in [1.82, 2.24) is 25.6 Å². The standard InChI is InChI=1S/C19H27N5O2/c1-13-4-6-17(7-5-13)26-14(2)12-21-19(25)18-15(3)24(23-22-18)16-8-10-20-11-9-16/h4-7,14,16,20H,8-12H2,1-3H3,(H,21,25). The zero-order valence-corrected chi connectivity index (χ0v) is 15.7. The van der Waals surface area contributed by atoms with Crippen LogP contribution in [-0.2, 0) is 0 Å². The number of amides is 1. The Morgan fingerprint density at radius 3 is 2.69 bits per heavy atom. The first kappa shape index (κ1) is 18.4. The van der Waals surface area contributed by atoms with Crippen LogP contribution in [0.5, 0.6) is 5.75 Å². The smallest absolute Gasteiger partial charge is 0.273 e. The second-order valence-electron chi connectivity index (χ2n) is 6.90. The van der Waals surface area contributed by atoms with Crippen molar-refractivity contribution in [3.05, 3.63) is 41.2 Å². The minimum absolute atomic E-state index is 0.138. The number of nitrogens with one attached hydrogen (secondary N) is 2. The molecule has 0 bridgehead atoms. The van der Waals surface area contributed by atoms with E-state index in [9.17, 15) is 4.79 Å². The van der Waals surface area contributed by atoms with Gasteiger partial charge in [-0.15, -0.1) is 5.10 Å². The summed E-state index contributed by atoms with van der Waals surface area (Å²) in [6.07, 6.45) is 1.88. The zero-order chi connectivity index (χ0) is 18.5. The van der Waals surface area contributed by atoms with Crippen molar-refractivity contribution in [3.63, 3.8) is 0 Å². The van der Waals surface area contributed by atoms with E-state index in [1.165, 1.54) is 5.56 Å². The Morgan fingerprint density at radius 2 is 2.00 bits per heavy atom. The molecule has 1 saturated heterocycles. The SMILES string of the molecule is Cc1ccc(OC(C)CNC(=O)c2nnn(C3CCNCC3)c2C)cc1. The van der Waals surface area contributed by atoms with Crippen LogP contribution in [0.15, 0.2) is 24.3 Å². The number of carbonyl (C=O) groups excluding carboxylic acids is 1. The van der Waals surface area contributed by atoms with Gasteiger partial charge in [0.05, 0.1) is 18.3 Å². The molecule has 1 aliphatic heterocycles. The van der Waals surface area contributed by atoms with Gasteiger partial charge in [0.25, 0.3) is 5.91 Å². The van der Waals surface area contributed by atoms with Crippen LogP contribution in [-0.4, -0.2) is 46.6 Å². The highest BCUT2D eigenvalue weighted by Gasteiger charge is 2.23. The van der Waals surface area contributed by atoms with E-state index in [4.69, 9.17) is 4.74 Å². The van der Waals surface area contributed by atoms with Gasteiger partial charge in [0.1, 0.15) is 11.9 Å². The maximum Gasteiger partial charge on any atom is 0.273 e. The third kappa shape index (κ3) is 4.40. The summed E-state index contributed by atoms with van der Waals surface area (Å²) in [5.74, 6) is 0.590. The lowest BCUT2D eigenvalue weighted by Gasteiger charge is -2.23. The van der Waals surface area contributed by atoms with Gasteiger partial charge in [-0.25, -0.2) is 4.68 Å². The average molecular weight is 357 g/mol. The molecule has 140 valence electrons. The summed E-state index contributed by atoms with van der Waals surface area (Å²) < 4.78 is 7.71. The van der Waals surface area contributed by atoms with Gasteiger partial charge in [0.2, 0.25) is 0 Å². The number of rotatable bonds is 6. The molecule has 0 spiro atoms. The van der Waals surface area contributed by atoms with Crippen LogP contribution in [0.4, 0.5) is 0 Å². The Kier molecular flexibility index (Phi) is 5.88. The van der Waals surface area contributed by atoms with Gasteiger partial charge in [-0.2, -0.15) is 0 Å². The maximum atomic E-state index is 12.5. The number of benzene rings is 1. The van der Waals surface area contributed by atoms with Gasteiger partial charge < -0.3 is 15.4 Å². The van der Waals surface area contributed by atoms with E-state index >= 15 is 0 Å². The molecule has 3 rings (SSSR count). The minimum atomic E-state index is -0.206. The Balaban J connectivity index is 1.54. The van der Waals surface area contributed by atoms with Gasteiger partial charge in [0, 0.05) is 0 Å². The number of hydrogen-bond donors (Lipinski definition) is 2. The molecule has 1 aromatic heterocycles.